The molecule has 1 aromatic heterocycles. The van der Waals surface area contributed by atoms with Gasteiger partial charge < -0.3 is 10.6 Å². The number of carbonyl (C=O) groups excluding carboxylic acids is 1. The van der Waals surface area contributed by atoms with Gasteiger partial charge in [0, 0.05) is 12.4 Å². The summed E-state index contributed by atoms with van der Waals surface area (Å²) in [5.41, 5.74) is 0.976. The molecule has 1 rings (SSSR count). The topological polar surface area (TPSA) is 54.0 Å². The molecular formula is C9H15N3OS. The van der Waals surface area contributed by atoms with Gasteiger partial charge in [-0.05, 0) is 13.3 Å². The quantitative estimate of drug-likeness (QED) is 0.794. The van der Waals surface area contributed by atoms with Gasteiger partial charge in [-0.3, -0.25) is 4.79 Å². The molecule has 1 unspecified atom stereocenters. The molecule has 0 saturated heterocycles. The van der Waals surface area contributed by atoms with Crippen molar-refractivity contribution in [1.29, 1.82) is 0 Å². The molecule has 1 aromatic rings. The van der Waals surface area contributed by atoms with Crippen molar-refractivity contribution < 1.29 is 4.79 Å². The van der Waals surface area contributed by atoms with E-state index in [1.807, 2.05) is 19.2 Å². The number of aromatic nitrogens is 1. The SMILES string of the molecule is CCC(Nc1nc(C)cs1)C(=O)NC. The number of rotatable bonds is 4. The first-order valence-corrected chi connectivity index (χ1v) is 5.45. The molecule has 0 saturated carbocycles. The van der Waals surface area contributed by atoms with Crippen molar-refractivity contribution >= 4 is 22.4 Å². The Kier molecular flexibility index (Phi) is 3.88. The third-order valence-corrected chi connectivity index (χ3v) is 2.78. The Hall–Kier alpha value is -1.10. The van der Waals surface area contributed by atoms with Crippen LogP contribution >= 0.6 is 11.3 Å². The van der Waals surface area contributed by atoms with Crippen LogP contribution in [0.5, 0.6) is 0 Å². The zero-order valence-corrected chi connectivity index (χ0v) is 9.44. The van der Waals surface area contributed by atoms with Crippen LogP contribution in [0.25, 0.3) is 0 Å². The van der Waals surface area contributed by atoms with E-state index in [9.17, 15) is 4.79 Å². The van der Waals surface area contributed by atoms with Crippen molar-refractivity contribution in [3.63, 3.8) is 0 Å². The van der Waals surface area contributed by atoms with Crippen LogP contribution in [0.3, 0.4) is 0 Å². The number of anilines is 1. The van der Waals surface area contributed by atoms with Gasteiger partial charge in [-0.25, -0.2) is 4.98 Å². The van der Waals surface area contributed by atoms with Gasteiger partial charge in [0.25, 0.3) is 0 Å². The highest BCUT2D eigenvalue weighted by Gasteiger charge is 2.15. The van der Waals surface area contributed by atoms with E-state index in [4.69, 9.17) is 0 Å². The fourth-order valence-corrected chi connectivity index (χ4v) is 1.84. The van der Waals surface area contributed by atoms with E-state index < -0.39 is 0 Å². The Bertz CT molecular complexity index is 311. The fraction of sp³-hybridized carbons (Fsp3) is 0.556. The summed E-state index contributed by atoms with van der Waals surface area (Å²) < 4.78 is 0. The van der Waals surface area contributed by atoms with E-state index in [0.29, 0.717) is 0 Å². The molecule has 0 spiro atoms. The first kappa shape index (κ1) is 11.0. The zero-order chi connectivity index (χ0) is 10.6. The zero-order valence-electron chi connectivity index (χ0n) is 8.63. The number of hydrogen-bond acceptors (Lipinski definition) is 4. The largest absolute Gasteiger partial charge is 0.357 e. The van der Waals surface area contributed by atoms with Crippen LogP contribution in [-0.2, 0) is 4.79 Å². The Morgan fingerprint density at radius 3 is 2.86 bits per heavy atom. The van der Waals surface area contributed by atoms with E-state index in [-0.39, 0.29) is 11.9 Å². The second-order valence-corrected chi connectivity index (χ2v) is 3.87. The monoisotopic (exact) mass is 213 g/mol. The molecule has 0 aromatic carbocycles. The minimum Gasteiger partial charge on any atom is -0.357 e. The molecule has 0 aliphatic heterocycles. The minimum absolute atomic E-state index is 0.000327. The second kappa shape index (κ2) is 4.95. The van der Waals surface area contributed by atoms with Crippen molar-refractivity contribution in [2.45, 2.75) is 26.3 Å². The number of carbonyl (C=O) groups is 1. The van der Waals surface area contributed by atoms with Crippen molar-refractivity contribution in [2.75, 3.05) is 12.4 Å². The molecule has 0 aliphatic carbocycles. The maximum atomic E-state index is 11.4. The lowest BCUT2D eigenvalue weighted by Crippen LogP contribution is -2.37. The van der Waals surface area contributed by atoms with Gasteiger partial charge >= 0.3 is 0 Å². The van der Waals surface area contributed by atoms with Crippen LogP contribution in [0, 0.1) is 6.92 Å². The summed E-state index contributed by atoms with van der Waals surface area (Å²) in [6.45, 7) is 3.90. The summed E-state index contributed by atoms with van der Waals surface area (Å²) in [4.78, 5) is 15.6. The van der Waals surface area contributed by atoms with Crippen LogP contribution < -0.4 is 10.6 Å². The molecule has 78 valence electrons. The Morgan fingerprint density at radius 2 is 2.43 bits per heavy atom. The van der Waals surface area contributed by atoms with E-state index >= 15 is 0 Å². The predicted molar refractivity (Wildman–Crippen MR) is 58.6 cm³/mol. The van der Waals surface area contributed by atoms with Gasteiger partial charge in [0.1, 0.15) is 6.04 Å². The number of thiazole rings is 1. The average molecular weight is 213 g/mol. The fourth-order valence-electron chi connectivity index (χ4n) is 1.10. The molecular weight excluding hydrogens is 198 g/mol. The highest BCUT2D eigenvalue weighted by atomic mass is 32.1. The summed E-state index contributed by atoms with van der Waals surface area (Å²) >= 11 is 1.52. The predicted octanol–water partition coefficient (Wildman–Crippen LogP) is 1.39. The molecule has 0 aliphatic rings. The van der Waals surface area contributed by atoms with E-state index in [2.05, 4.69) is 15.6 Å². The lowest BCUT2D eigenvalue weighted by Gasteiger charge is -2.13. The van der Waals surface area contributed by atoms with E-state index in [1.54, 1.807) is 7.05 Å². The Labute approximate surface area is 87.7 Å². The summed E-state index contributed by atoms with van der Waals surface area (Å²) in [6.07, 6.45) is 0.748. The molecule has 0 bridgehead atoms. The molecule has 1 heterocycles. The lowest BCUT2D eigenvalue weighted by molar-refractivity contribution is -0.121. The molecule has 2 N–H and O–H groups in total. The molecule has 14 heavy (non-hydrogen) atoms. The van der Waals surface area contributed by atoms with E-state index in [1.165, 1.54) is 11.3 Å². The molecule has 5 heteroatoms. The average Bonchev–Trinajstić information content (AvgIpc) is 2.59. The van der Waals surface area contributed by atoms with Crippen LogP contribution in [0.2, 0.25) is 0 Å². The maximum Gasteiger partial charge on any atom is 0.242 e. The van der Waals surface area contributed by atoms with Crippen molar-refractivity contribution in [2.24, 2.45) is 0 Å². The van der Waals surface area contributed by atoms with Gasteiger partial charge in [0.2, 0.25) is 5.91 Å². The smallest absolute Gasteiger partial charge is 0.242 e. The summed E-state index contributed by atoms with van der Waals surface area (Å²) in [5.74, 6) is 0.000327. The highest BCUT2D eigenvalue weighted by molar-refractivity contribution is 7.13. The summed E-state index contributed by atoms with van der Waals surface area (Å²) in [7, 11) is 1.64. The van der Waals surface area contributed by atoms with Crippen LogP contribution in [0.15, 0.2) is 5.38 Å². The number of nitrogens with zero attached hydrogens (tertiary/aromatic N) is 1. The number of amides is 1. The number of likely N-dealkylation sites (N-methyl/N-ethyl adjacent to an activating group) is 1. The summed E-state index contributed by atoms with van der Waals surface area (Å²) in [6, 6.07) is -0.189. The molecule has 0 radical (unpaired) electrons. The number of aryl methyl sites for hydroxylation is 1. The number of hydrogen-bond donors (Lipinski definition) is 2. The van der Waals surface area contributed by atoms with Crippen molar-refractivity contribution in [3.8, 4) is 0 Å². The Balaban J connectivity index is 2.61. The molecule has 0 fully saturated rings. The van der Waals surface area contributed by atoms with Crippen LogP contribution in [-0.4, -0.2) is 24.0 Å². The molecule has 1 amide bonds. The molecule has 4 nitrogen and oxygen atoms in total. The number of nitrogens with one attached hydrogen (secondary N) is 2. The van der Waals surface area contributed by atoms with Gasteiger partial charge in [0.05, 0.1) is 5.69 Å². The van der Waals surface area contributed by atoms with Crippen molar-refractivity contribution in [1.82, 2.24) is 10.3 Å². The first-order chi connectivity index (χ1) is 6.67. The summed E-state index contributed by atoms with van der Waals surface area (Å²) in [5, 5.41) is 8.47. The van der Waals surface area contributed by atoms with Gasteiger partial charge in [-0.2, -0.15) is 0 Å². The Morgan fingerprint density at radius 1 is 1.71 bits per heavy atom. The van der Waals surface area contributed by atoms with Crippen molar-refractivity contribution in [3.05, 3.63) is 11.1 Å². The molecule has 1 atom stereocenters. The third-order valence-electron chi connectivity index (χ3n) is 1.89. The van der Waals surface area contributed by atoms with Crippen LogP contribution in [0.1, 0.15) is 19.0 Å². The highest BCUT2D eigenvalue weighted by Crippen LogP contribution is 2.16. The van der Waals surface area contributed by atoms with Gasteiger partial charge in [-0.15, -0.1) is 11.3 Å². The second-order valence-electron chi connectivity index (χ2n) is 3.01. The minimum atomic E-state index is -0.189. The van der Waals surface area contributed by atoms with Gasteiger partial charge in [0.15, 0.2) is 5.13 Å². The standard InChI is InChI=1S/C9H15N3OS/c1-4-7(8(13)10-3)12-9-11-6(2)5-14-9/h5,7H,4H2,1-3H3,(H,10,13)(H,11,12). The van der Waals surface area contributed by atoms with E-state index in [0.717, 1.165) is 17.2 Å². The first-order valence-electron chi connectivity index (χ1n) is 4.57. The van der Waals surface area contributed by atoms with Crippen LogP contribution in [0.4, 0.5) is 5.13 Å². The van der Waals surface area contributed by atoms with Gasteiger partial charge in [-0.1, -0.05) is 6.92 Å². The normalized spacial score (nSPS) is 12.2. The maximum absolute atomic E-state index is 11.4. The third kappa shape index (κ3) is 2.70. The lowest BCUT2D eigenvalue weighted by atomic mass is 10.2.